The summed E-state index contributed by atoms with van der Waals surface area (Å²) < 4.78 is 5.39. The van der Waals surface area contributed by atoms with Gasteiger partial charge in [-0.1, -0.05) is 0 Å². The number of ether oxygens (including phenoxy) is 1. The van der Waals surface area contributed by atoms with Crippen LogP contribution in [-0.4, -0.2) is 43.3 Å². The second-order valence-corrected chi connectivity index (χ2v) is 4.02. The van der Waals surface area contributed by atoms with Gasteiger partial charge in [0.2, 0.25) is 5.91 Å². The van der Waals surface area contributed by atoms with Crippen LogP contribution in [0, 0.1) is 0 Å². The van der Waals surface area contributed by atoms with Crippen LogP contribution in [0.25, 0.3) is 0 Å². The Morgan fingerprint density at radius 3 is 2.93 bits per heavy atom. The number of nitrogens with two attached hydrogens (primary N) is 1. The van der Waals surface area contributed by atoms with E-state index < -0.39 is 0 Å². The van der Waals surface area contributed by atoms with Crippen molar-refractivity contribution in [1.82, 2.24) is 10.6 Å². The summed E-state index contributed by atoms with van der Waals surface area (Å²) in [6.45, 7) is 3.32. The van der Waals surface area contributed by atoms with Crippen molar-refractivity contribution in [3.8, 4) is 0 Å². The quantitative estimate of drug-likeness (QED) is 0.510. The van der Waals surface area contributed by atoms with E-state index in [1.54, 1.807) is 0 Å². The number of nitrogens with one attached hydrogen (secondary N) is 2. The molecule has 1 saturated heterocycles. The lowest BCUT2D eigenvalue weighted by atomic mass is 10.1. The predicted octanol–water partition coefficient (Wildman–Crippen LogP) is -1.42. The van der Waals surface area contributed by atoms with Gasteiger partial charge in [-0.05, 0) is 13.3 Å². The lowest BCUT2D eigenvalue weighted by Crippen LogP contribution is -2.56. The maximum atomic E-state index is 11.7. The summed E-state index contributed by atoms with van der Waals surface area (Å²) in [5, 5.41) is 6.04. The van der Waals surface area contributed by atoms with Crippen molar-refractivity contribution < 1.29 is 9.53 Å². The molecule has 2 unspecified atom stereocenters. The molecule has 0 bridgehead atoms. The SMILES string of the molecule is C[C@H]1OCCN[C@@H]1C(=O)NC1CC1N. The molecular formula is C9H17N3O2. The minimum absolute atomic E-state index is 0.00940. The van der Waals surface area contributed by atoms with Crippen LogP contribution in [0.4, 0.5) is 0 Å². The van der Waals surface area contributed by atoms with Crippen LogP contribution in [0.3, 0.4) is 0 Å². The second kappa shape index (κ2) is 3.84. The molecule has 1 heterocycles. The summed E-state index contributed by atoms with van der Waals surface area (Å²) in [6.07, 6.45) is 0.840. The minimum atomic E-state index is -0.225. The molecule has 0 aromatic carbocycles. The average molecular weight is 199 g/mol. The zero-order chi connectivity index (χ0) is 10.1. The van der Waals surface area contributed by atoms with Crippen LogP contribution >= 0.6 is 0 Å². The lowest BCUT2D eigenvalue weighted by molar-refractivity contribution is -0.129. The van der Waals surface area contributed by atoms with E-state index >= 15 is 0 Å². The standard InChI is InChI=1S/C9H17N3O2/c1-5-8(11-2-3-14-5)9(13)12-7-4-6(7)10/h5-8,11H,2-4,10H2,1H3,(H,12,13)/t5-,6?,7?,8+/m1/s1. The van der Waals surface area contributed by atoms with Crippen LogP contribution in [0.1, 0.15) is 13.3 Å². The third-order valence-corrected chi connectivity index (χ3v) is 2.77. The van der Waals surface area contributed by atoms with Gasteiger partial charge in [0.25, 0.3) is 0 Å². The predicted molar refractivity (Wildman–Crippen MR) is 51.7 cm³/mol. The molecule has 1 aliphatic heterocycles. The van der Waals surface area contributed by atoms with E-state index in [0.717, 1.165) is 13.0 Å². The summed E-state index contributed by atoms with van der Waals surface area (Å²) >= 11 is 0. The summed E-state index contributed by atoms with van der Waals surface area (Å²) in [4.78, 5) is 11.7. The zero-order valence-electron chi connectivity index (χ0n) is 8.32. The Balaban J connectivity index is 1.83. The molecule has 1 aliphatic carbocycles. The molecule has 1 saturated carbocycles. The summed E-state index contributed by atoms with van der Waals surface area (Å²) in [6, 6.07) is 0.105. The van der Waals surface area contributed by atoms with E-state index in [9.17, 15) is 4.79 Å². The number of rotatable bonds is 2. The molecule has 5 nitrogen and oxygen atoms in total. The second-order valence-electron chi connectivity index (χ2n) is 4.02. The van der Waals surface area contributed by atoms with Gasteiger partial charge in [-0.15, -0.1) is 0 Å². The zero-order valence-corrected chi connectivity index (χ0v) is 8.32. The van der Waals surface area contributed by atoms with Crippen LogP contribution in [0.5, 0.6) is 0 Å². The van der Waals surface area contributed by atoms with Crippen molar-refractivity contribution in [3.05, 3.63) is 0 Å². The molecule has 1 amide bonds. The van der Waals surface area contributed by atoms with E-state index in [-0.39, 0.29) is 30.1 Å². The Labute approximate surface area is 83.4 Å². The van der Waals surface area contributed by atoms with Gasteiger partial charge >= 0.3 is 0 Å². The van der Waals surface area contributed by atoms with Gasteiger partial charge in [-0.2, -0.15) is 0 Å². The maximum absolute atomic E-state index is 11.7. The van der Waals surface area contributed by atoms with Crippen molar-refractivity contribution in [3.63, 3.8) is 0 Å². The van der Waals surface area contributed by atoms with Gasteiger partial charge in [-0.25, -0.2) is 0 Å². The van der Waals surface area contributed by atoms with Gasteiger partial charge in [0.1, 0.15) is 6.04 Å². The van der Waals surface area contributed by atoms with Crippen molar-refractivity contribution in [2.75, 3.05) is 13.2 Å². The Hall–Kier alpha value is -0.650. The smallest absolute Gasteiger partial charge is 0.240 e. The van der Waals surface area contributed by atoms with E-state index in [2.05, 4.69) is 10.6 Å². The summed E-state index contributed by atoms with van der Waals surface area (Å²) in [5.41, 5.74) is 5.61. The van der Waals surface area contributed by atoms with E-state index in [4.69, 9.17) is 10.5 Å². The molecular weight excluding hydrogens is 182 g/mol. The van der Waals surface area contributed by atoms with Crippen molar-refractivity contribution >= 4 is 5.91 Å². The van der Waals surface area contributed by atoms with E-state index in [1.807, 2.05) is 6.92 Å². The van der Waals surface area contributed by atoms with Gasteiger partial charge in [0.05, 0.1) is 12.7 Å². The molecule has 0 aromatic heterocycles. The first-order valence-electron chi connectivity index (χ1n) is 5.09. The first-order chi connectivity index (χ1) is 6.68. The Kier molecular flexibility index (Phi) is 2.71. The van der Waals surface area contributed by atoms with Crippen LogP contribution in [0.15, 0.2) is 0 Å². The molecule has 4 atom stereocenters. The van der Waals surface area contributed by atoms with Gasteiger partial charge < -0.3 is 21.1 Å². The van der Waals surface area contributed by atoms with Gasteiger partial charge in [0, 0.05) is 18.6 Å². The summed E-state index contributed by atoms with van der Waals surface area (Å²) in [7, 11) is 0. The fraction of sp³-hybridized carbons (Fsp3) is 0.889. The number of hydrogen-bond acceptors (Lipinski definition) is 4. The number of morpholine rings is 1. The van der Waals surface area contributed by atoms with Gasteiger partial charge in [0.15, 0.2) is 0 Å². The fourth-order valence-electron chi connectivity index (χ4n) is 1.68. The molecule has 5 heteroatoms. The number of hydrogen-bond donors (Lipinski definition) is 3. The third-order valence-electron chi connectivity index (χ3n) is 2.77. The molecule has 14 heavy (non-hydrogen) atoms. The molecule has 80 valence electrons. The number of carbonyl (C=O) groups is 1. The molecule has 0 aromatic rings. The van der Waals surface area contributed by atoms with Crippen LogP contribution in [-0.2, 0) is 9.53 Å². The van der Waals surface area contributed by atoms with E-state index in [0.29, 0.717) is 6.61 Å². The normalized spacial score (nSPS) is 41.9. The van der Waals surface area contributed by atoms with Crippen molar-refractivity contribution in [2.45, 2.75) is 37.6 Å². The van der Waals surface area contributed by atoms with Crippen LogP contribution in [0.2, 0.25) is 0 Å². The highest BCUT2D eigenvalue weighted by molar-refractivity contribution is 5.83. The van der Waals surface area contributed by atoms with Crippen molar-refractivity contribution in [1.29, 1.82) is 0 Å². The largest absolute Gasteiger partial charge is 0.375 e. The molecule has 2 rings (SSSR count). The Morgan fingerprint density at radius 2 is 2.36 bits per heavy atom. The highest BCUT2D eigenvalue weighted by atomic mass is 16.5. The van der Waals surface area contributed by atoms with Gasteiger partial charge in [-0.3, -0.25) is 4.79 Å². The fourth-order valence-corrected chi connectivity index (χ4v) is 1.68. The average Bonchev–Trinajstić information content (AvgIpc) is 2.82. The topological polar surface area (TPSA) is 76.4 Å². The number of amides is 1. The molecule has 2 aliphatic rings. The van der Waals surface area contributed by atoms with Crippen molar-refractivity contribution in [2.24, 2.45) is 5.73 Å². The molecule has 0 spiro atoms. The highest BCUT2D eigenvalue weighted by Gasteiger charge is 2.38. The monoisotopic (exact) mass is 199 g/mol. The first-order valence-corrected chi connectivity index (χ1v) is 5.09. The summed E-state index contributed by atoms with van der Waals surface area (Å²) in [5.74, 6) is 0.00940. The lowest BCUT2D eigenvalue weighted by Gasteiger charge is -2.29. The Morgan fingerprint density at radius 1 is 1.64 bits per heavy atom. The van der Waals surface area contributed by atoms with Crippen LogP contribution < -0.4 is 16.4 Å². The minimum Gasteiger partial charge on any atom is -0.375 e. The molecule has 4 N–H and O–H groups in total. The maximum Gasteiger partial charge on any atom is 0.240 e. The number of carbonyl (C=O) groups excluding carboxylic acids is 1. The highest BCUT2D eigenvalue weighted by Crippen LogP contribution is 2.18. The molecule has 0 radical (unpaired) electrons. The Bertz CT molecular complexity index is 234. The molecule has 2 fully saturated rings. The van der Waals surface area contributed by atoms with E-state index in [1.165, 1.54) is 0 Å². The third kappa shape index (κ3) is 2.05. The first kappa shape index (κ1) is 9.89.